The Morgan fingerprint density at radius 2 is 1.86 bits per heavy atom. The summed E-state index contributed by atoms with van der Waals surface area (Å²) in [7, 11) is 1.63. The molecule has 0 spiro atoms. The molecule has 37 heavy (non-hydrogen) atoms. The van der Waals surface area contributed by atoms with Gasteiger partial charge in [0.25, 0.3) is 11.5 Å². The fraction of sp³-hybridized carbons (Fsp3) is 0.321. The van der Waals surface area contributed by atoms with Gasteiger partial charge in [-0.25, -0.2) is 4.98 Å². The van der Waals surface area contributed by atoms with Gasteiger partial charge in [-0.3, -0.25) is 9.59 Å². The van der Waals surface area contributed by atoms with E-state index in [0.717, 1.165) is 5.56 Å². The fourth-order valence-electron chi connectivity index (χ4n) is 3.98. The van der Waals surface area contributed by atoms with Gasteiger partial charge >= 0.3 is 0 Å². The van der Waals surface area contributed by atoms with Gasteiger partial charge in [0.15, 0.2) is 5.75 Å². The van der Waals surface area contributed by atoms with E-state index in [0.29, 0.717) is 32.8 Å². The molecule has 3 aromatic heterocycles. The highest BCUT2D eigenvalue weighted by molar-refractivity contribution is 6.32. The standard InChI is InChI=1S/C28H31ClN4O4/c1-15-9-8-10-20(29)23(15)37-25-18(11-16(13-30-25)28(5,6)36)19-14-33(7)26(35)22-17(19)12-21(31-22)24(34)32-27(2,3)4/h8-14,31,36H,1-7H3,(H,32,34). The zero-order valence-electron chi connectivity index (χ0n) is 22.0. The number of rotatable bonds is 5. The number of halogens is 1. The SMILES string of the molecule is Cc1cccc(Cl)c1Oc1ncc(C(C)(C)O)cc1-c1cn(C)c(=O)c2[nH]c(C(=O)NC(C)(C)C)cc12. The highest BCUT2D eigenvalue weighted by Crippen LogP contribution is 2.40. The maximum Gasteiger partial charge on any atom is 0.274 e. The van der Waals surface area contributed by atoms with Crippen LogP contribution in [0.15, 0.2) is 47.5 Å². The summed E-state index contributed by atoms with van der Waals surface area (Å²) in [6, 6.07) is 8.86. The molecular formula is C28H31ClN4O4. The highest BCUT2D eigenvalue weighted by atomic mass is 35.5. The molecule has 0 aliphatic rings. The van der Waals surface area contributed by atoms with E-state index in [9.17, 15) is 14.7 Å². The molecule has 0 radical (unpaired) electrons. The average molecular weight is 523 g/mol. The number of hydrogen-bond donors (Lipinski definition) is 3. The predicted molar refractivity (Wildman–Crippen MR) is 145 cm³/mol. The quantitative estimate of drug-likeness (QED) is 0.323. The Balaban J connectivity index is 1.98. The minimum atomic E-state index is -1.18. The molecule has 194 valence electrons. The molecule has 0 aliphatic heterocycles. The predicted octanol–water partition coefficient (Wildman–Crippen LogP) is 5.44. The Hall–Kier alpha value is -3.62. The number of benzene rings is 1. The van der Waals surface area contributed by atoms with Crippen LogP contribution >= 0.6 is 11.6 Å². The highest BCUT2D eigenvalue weighted by Gasteiger charge is 2.25. The number of aromatic nitrogens is 3. The van der Waals surface area contributed by atoms with Crippen LogP contribution < -0.4 is 15.6 Å². The van der Waals surface area contributed by atoms with E-state index >= 15 is 0 Å². The smallest absolute Gasteiger partial charge is 0.274 e. The molecule has 3 heterocycles. The number of pyridine rings is 2. The second kappa shape index (κ2) is 9.36. The zero-order chi connectivity index (χ0) is 27.3. The summed E-state index contributed by atoms with van der Waals surface area (Å²) in [6.07, 6.45) is 3.21. The number of aliphatic hydroxyl groups is 1. The van der Waals surface area contributed by atoms with Crippen molar-refractivity contribution >= 4 is 28.4 Å². The Labute approximate surface area is 220 Å². The summed E-state index contributed by atoms with van der Waals surface area (Å²) in [5, 5.41) is 14.6. The summed E-state index contributed by atoms with van der Waals surface area (Å²) in [6.45, 7) is 10.8. The van der Waals surface area contributed by atoms with Gasteiger partial charge in [0.05, 0.1) is 10.6 Å². The number of ether oxygens (including phenoxy) is 1. The topological polar surface area (TPSA) is 109 Å². The van der Waals surface area contributed by atoms with E-state index in [1.165, 1.54) is 4.57 Å². The van der Waals surface area contributed by atoms with Crippen molar-refractivity contribution in [3.8, 4) is 22.8 Å². The molecule has 8 nitrogen and oxygen atoms in total. The summed E-state index contributed by atoms with van der Waals surface area (Å²) >= 11 is 6.43. The van der Waals surface area contributed by atoms with Gasteiger partial charge in [-0.15, -0.1) is 0 Å². The van der Waals surface area contributed by atoms with E-state index in [2.05, 4.69) is 15.3 Å². The summed E-state index contributed by atoms with van der Waals surface area (Å²) in [4.78, 5) is 33.4. The number of carbonyl (C=O) groups excluding carboxylic acids is 1. The first-order valence-electron chi connectivity index (χ1n) is 11.9. The first-order chi connectivity index (χ1) is 17.2. The van der Waals surface area contributed by atoms with E-state index in [1.54, 1.807) is 51.5 Å². The third-order valence-electron chi connectivity index (χ3n) is 5.91. The molecule has 0 fully saturated rings. The zero-order valence-corrected chi connectivity index (χ0v) is 22.7. The van der Waals surface area contributed by atoms with Crippen LogP contribution in [0.3, 0.4) is 0 Å². The van der Waals surface area contributed by atoms with Gasteiger partial charge in [0.1, 0.15) is 11.2 Å². The number of fused-ring (bicyclic) bond motifs is 1. The molecule has 4 rings (SSSR count). The number of carbonyl (C=O) groups is 1. The average Bonchev–Trinajstić information content (AvgIpc) is 3.23. The Morgan fingerprint density at radius 3 is 2.49 bits per heavy atom. The van der Waals surface area contributed by atoms with Crippen molar-refractivity contribution in [1.29, 1.82) is 0 Å². The Kier molecular flexibility index (Phi) is 6.69. The third-order valence-corrected chi connectivity index (χ3v) is 6.21. The number of aryl methyl sites for hydroxylation is 2. The normalized spacial score (nSPS) is 12.1. The minimum Gasteiger partial charge on any atom is -0.437 e. The van der Waals surface area contributed by atoms with Crippen molar-refractivity contribution in [3.05, 3.63) is 74.9 Å². The lowest BCUT2D eigenvalue weighted by atomic mass is 9.96. The number of para-hydroxylation sites is 1. The van der Waals surface area contributed by atoms with Gasteiger partial charge in [-0.2, -0.15) is 0 Å². The Morgan fingerprint density at radius 1 is 1.16 bits per heavy atom. The number of aromatic amines is 1. The number of nitrogens with zero attached hydrogens (tertiary/aromatic N) is 2. The fourth-order valence-corrected chi connectivity index (χ4v) is 4.24. The van der Waals surface area contributed by atoms with E-state index < -0.39 is 11.1 Å². The number of amides is 1. The van der Waals surface area contributed by atoms with Crippen molar-refractivity contribution in [1.82, 2.24) is 19.9 Å². The monoisotopic (exact) mass is 522 g/mol. The van der Waals surface area contributed by atoms with Crippen molar-refractivity contribution in [2.75, 3.05) is 0 Å². The molecule has 0 bridgehead atoms. The largest absolute Gasteiger partial charge is 0.437 e. The lowest BCUT2D eigenvalue weighted by molar-refractivity contribution is 0.0781. The van der Waals surface area contributed by atoms with Gasteiger partial charge < -0.3 is 24.7 Å². The lowest BCUT2D eigenvalue weighted by Crippen LogP contribution is -2.40. The molecule has 1 aromatic carbocycles. The summed E-state index contributed by atoms with van der Waals surface area (Å²) < 4.78 is 7.66. The van der Waals surface area contributed by atoms with Crippen LogP contribution in [0.25, 0.3) is 22.0 Å². The molecule has 3 N–H and O–H groups in total. The van der Waals surface area contributed by atoms with Crippen molar-refractivity contribution < 1.29 is 14.6 Å². The molecule has 9 heteroatoms. The molecule has 0 aliphatic carbocycles. The van der Waals surface area contributed by atoms with Gasteiger partial charge in [0.2, 0.25) is 5.88 Å². The second-order valence-electron chi connectivity index (χ2n) is 10.8. The molecular weight excluding hydrogens is 492 g/mol. The summed E-state index contributed by atoms with van der Waals surface area (Å²) in [5.74, 6) is 0.364. The molecule has 0 saturated carbocycles. The molecule has 4 aromatic rings. The van der Waals surface area contributed by atoms with Crippen LogP contribution in [-0.2, 0) is 12.6 Å². The van der Waals surface area contributed by atoms with Crippen LogP contribution in [0.4, 0.5) is 0 Å². The molecule has 1 amide bonds. The van der Waals surface area contributed by atoms with Crippen LogP contribution in [-0.4, -0.2) is 31.1 Å². The van der Waals surface area contributed by atoms with Crippen LogP contribution in [0, 0.1) is 6.92 Å². The second-order valence-corrected chi connectivity index (χ2v) is 11.2. The van der Waals surface area contributed by atoms with Gasteiger partial charge in [0, 0.05) is 47.1 Å². The number of hydrogen-bond acceptors (Lipinski definition) is 5. The summed E-state index contributed by atoms with van der Waals surface area (Å²) in [5.41, 5.74) is 1.09. The lowest BCUT2D eigenvalue weighted by Gasteiger charge is -2.21. The maximum absolute atomic E-state index is 13.0. The van der Waals surface area contributed by atoms with Gasteiger partial charge in [-0.1, -0.05) is 23.7 Å². The molecule has 0 unspecified atom stereocenters. The molecule has 0 atom stereocenters. The van der Waals surface area contributed by atoms with E-state index in [4.69, 9.17) is 16.3 Å². The third kappa shape index (κ3) is 5.40. The van der Waals surface area contributed by atoms with E-state index in [-0.39, 0.29) is 28.6 Å². The minimum absolute atomic E-state index is 0.242. The van der Waals surface area contributed by atoms with Crippen molar-refractivity contribution in [3.63, 3.8) is 0 Å². The van der Waals surface area contributed by atoms with Crippen LogP contribution in [0.2, 0.25) is 5.02 Å². The van der Waals surface area contributed by atoms with Crippen molar-refractivity contribution in [2.45, 2.75) is 52.7 Å². The Bertz CT molecular complexity index is 1550. The van der Waals surface area contributed by atoms with Crippen molar-refractivity contribution in [2.24, 2.45) is 7.05 Å². The first kappa shape index (κ1) is 26.4. The first-order valence-corrected chi connectivity index (χ1v) is 12.2. The number of H-pyrrole nitrogens is 1. The molecule has 0 saturated heterocycles. The van der Waals surface area contributed by atoms with Gasteiger partial charge in [-0.05, 0) is 65.3 Å². The number of nitrogens with one attached hydrogen (secondary N) is 2. The van der Waals surface area contributed by atoms with Crippen LogP contribution in [0.5, 0.6) is 11.6 Å². The van der Waals surface area contributed by atoms with Crippen LogP contribution in [0.1, 0.15) is 56.2 Å². The van der Waals surface area contributed by atoms with E-state index in [1.807, 2.05) is 39.8 Å². The maximum atomic E-state index is 13.0.